The number of nitrogens with zero attached hydrogens (tertiary/aromatic N) is 2. The highest BCUT2D eigenvalue weighted by Gasteiger charge is 2.24. The van der Waals surface area contributed by atoms with Gasteiger partial charge in [0, 0.05) is 12.5 Å². The average molecular weight is 376 g/mol. The molecule has 2 aromatic carbocycles. The van der Waals surface area contributed by atoms with Crippen LogP contribution in [-0.2, 0) is 11.3 Å². The number of aryl methyl sites for hydroxylation is 1. The van der Waals surface area contributed by atoms with Crippen LogP contribution in [0.5, 0.6) is 0 Å². The number of hydrogen-bond acceptors (Lipinski definition) is 2. The molecule has 1 N–H and O–H groups in total. The van der Waals surface area contributed by atoms with Crippen molar-refractivity contribution in [2.75, 3.05) is 0 Å². The molecule has 1 aromatic heterocycles. The summed E-state index contributed by atoms with van der Waals surface area (Å²) in [6.07, 6.45) is 5.61. The minimum Gasteiger partial charge on any atom is -0.346 e. The molecule has 1 amide bonds. The van der Waals surface area contributed by atoms with Crippen LogP contribution in [0.25, 0.3) is 11.0 Å². The first kappa shape index (κ1) is 18.7. The van der Waals surface area contributed by atoms with Gasteiger partial charge in [0.1, 0.15) is 5.82 Å². The van der Waals surface area contributed by atoms with Crippen molar-refractivity contribution in [3.8, 4) is 0 Å². The standard InChI is InChI=1S/C24H29N3O/c1-17-9-8-10-19(15-17)16-27-22-14-7-6-13-21(22)26-23(27)18(2)25-24(28)20-11-4-3-5-12-20/h6-10,13-15,18,20H,3-5,11-12,16H2,1-2H3,(H,25,28). The van der Waals surface area contributed by atoms with Crippen molar-refractivity contribution in [3.63, 3.8) is 0 Å². The van der Waals surface area contributed by atoms with Gasteiger partial charge in [0.25, 0.3) is 0 Å². The number of rotatable bonds is 5. The molecule has 0 spiro atoms. The summed E-state index contributed by atoms with van der Waals surface area (Å²) in [5.74, 6) is 1.26. The zero-order chi connectivity index (χ0) is 19.5. The van der Waals surface area contributed by atoms with E-state index in [0.29, 0.717) is 0 Å². The molecule has 4 heteroatoms. The van der Waals surface area contributed by atoms with Crippen molar-refractivity contribution in [1.29, 1.82) is 0 Å². The Labute approximate surface area is 167 Å². The molecule has 0 aliphatic heterocycles. The van der Waals surface area contributed by atoms with Crippen LogP contribution in [0, 0.1) is 12.8 Å². The third-order valence-corrected chi connectivity index (χ3v) is 5.83. The molecule has 0 saturated heterocycles. The van der Waals surface area contributed by atoms with E-state index in [-0.39, 0.29) is 17.9 Å². The number of aromatic nitrogens is 2. The summed E-state index contributed by atoms with van der Waals surface area (Å²) in [5.41, 5.74) is 4.58. The van der Waals surface area contributed by atoms with Crippen molar-refractivity contribution in [1.82, 2.24) is 14.9 Å². The Bertz CT molecular complexity index is 969. The number of imidazole rings is 1. The molecule has 4 rings (SSSR count). The van der Waals surface area contributed by atoms with Gasteiger partial charge >= 0.3 is 0 Å². The Morgan fingerprint density at radius 3 is 2.71 bits per heavy atom. The largest absolute Gasteiger partial charge is 0.346 e. The van der Waals surface area contributed by atoms with E-state index in [0.717, 1.165) is 36.2 Å². The molecule has 3 aromatic rings. The summed E-state index contributed by atoms with van der Waals surface area (Å²) in [6.45, 7) is 4.92. The fraction of sp³-hybridized carbons (Fsp3) is 0.417. The smallest absolute Gasteiger partial charge is 0.223 e. The Morgan fingerprint density at radius 1 is 1.14 bits per heavy atom. The van der Waals surface area contributed by atoms with Gasteiger partial charge in [0.05, 0.1) is 17.1 Å². The minimum atomic E-state index is -0.119. The second kappa shape index (κ2) is 8.17. The first-order valence-corrected chi connectivity index (χ1v) is 10.4. The van der Waals surface area contributed by atoms with E-state index in [4.69, 9.17) is 4.98 Å². The molecule has 1 atom stereocenters. The van der Waals surface area contributed by atoms with Crippen LogP contribution in [0.2, 0.25) is 0 Å². The topological polar surface area (TPSA) is 46.9 Å². The van der Waals surface area contributed by atoms with E-state index >= 15 is 0 Å². The molecule has 4 nitrogen and oxygen atoms in total. The van der Waals surface area contributed by atoms with E-state index in [2.05, 4.69) is 54.1 Å². The Morgan fingerprint density at radius 2 is 1.93 bits per heavy atom. The first-order chi connectivity index (χ1) is 13.6. The van der Waals surface area contributed by atoms with Crippen LogP contribution in [0.3, 0.4) is 0 Å². The Hall–Kier alpha value is -2.62. The molecule has 1 unspecified atom stereocenters. The van der Waals surface area contributed by atoms with Crippen LogP contribution < -0.4 is 5.32 Å². The second-order valence-corrected chi connectivity index (χ2v) is 8.10. The van der Waals surface area contributed by atoms with Gasteiger partial charge in [-0.2, -0.15) is 0 Å². The zero-order valence-electron chi connectivity index (χ0n) is 16.8. The van der Waals surface area contributed by atoms with E-state index in [9.17, 15) is 4.79 Å². The maximum atomic E-state index is 12.8. The van der Waals surface area contributed by atoms with Crippen molar-refractivity contribution in [3.05, 3.63) is 65.5 Å². The monoisotopic (exact) mass is 375 g/mol. The number of amides is 1. The van der Waals surface area contributed by atoms with Crippen LogP contribution in [0.4, 0.5) is 0 Å². The van der Waals surface area contributed by atoms with Crippen molar-refractivity contribution in [2.45, 2.75) is 58.5 Å². The van der Waals surface area contributed by atoms with Gasteiger partial charge in [0.2, 0.25) is 5.91 Å². The van der Waals surface area contributed by atoms with Crippen LogP contribution in [0.15, 0.2) is 48.5 Å². The van der Waals surface area contributed by atoms with Crippen molar-refractivity contribution < 1.29 is 4.79 Å². The van der Waals surface area contributed by atoms with E-state index < -0.39 is 0 Å². The van der Waals surface area contributed by atoms with Gasteiger partial charge < -0.3 is 9.88 Å². The predicted octanol–water partition coefficient (Wildman–Crippen LogP) is 5.15. The number of carbonyl (C=O) groups is 1. The normalized spacial score (nSPS) is 16.2. The molecule has 1 aliphatic carbocycles. The lowest BCUT2D eigenvalue weighted by atomic mass is 9.88. The molecule has 1 fully saturated rings. The number of benzene rings is 2. The summed E-state index contributed by atoms with van der Waals surface area (Å²) < 4.78 is 2.25. The average Bonchev–Trinajstić information content (AvgIpc) is 3.07. The summed E-state index contributed by atoms with van der Waals surface area (Å²) in [6, 6.07) is 16.7. The maximum absolute atomic E-state index is 12.8. The first-order valence-electron chi connectivity index (χ1n) is 10.4. The van der Waals surface area contributed by atoms with E-state index in [1.165, 1.54) is 30.4 Å². The quantitative estimate of drug-likeness (QED) is 0.670. The molecule has 0 radical (unpaired) electrons. The van der Waals surface area contributed by atoms with Crippen LogP contribution in [0.1, 0.15) is 62.0 Å². The molecule has 28 heavy (non-hydrogen) atoms. The molecular formula is C24H29N3O. The highest BCUT2D eigenvalue weighted by molar-refractivity contribution is 5.80. The van der Waals surface area contributed by atoms with Gasteiger partial charge in [0.15, 0.2) is 0 Å². The molecule has 1 aliphatic rings. The molecular weight excluding hydrogens is 346 g/mol. The molecule has 146 valence electrons. The van der Waals surface area contributed by atoms with Gasteiger partial charge in [-0.15, -0.1) is 0 Å². The van der Waals surface area contributed by atoms with Crippen LogP contribution >= 0.6 is 0 Å². The Kier molecular flexibility index (Phi) is 5.47. The van der Waals surface area contributed by atoms with Gasteiger partial charge in [-0.05, 0) is 44.4 Å². The van der Waals surface area contributed by atoms with E-state index in [1.54, 1.807) is 0 Å². The SMILES string of the molecule is Cc1cccc(Cn2c(C(C)NC(=O)C3CCCCC3)nc3ccccc32)c1. The highest BCUT2D eigenvalue weighted by atomic mass is 16.1. The summed E-state index contributed by atoms with van der Waals surface area (Å²) in [4.78, 5) is 17.6. The van der Waals surface area contributed by atoms with E-state index in [1.807, 2.05) is 18.2 Å². The summed E-state index contributed by atoms with van der Waals surface area (Å²) >= 11 is 0. The highest BCUT2D eigenvalue weighted by Crippen LogP contribution is 2.26. The molecule has 0 bridgehead atoms. The maximum Gasteiger partial charge on any atom is 0.223 e. The second-order valence-electron chi connectivity index (χ2n) is 8.10. The van der Waals surface area contributed by atoms with Crippen LogP contribution in [-0.4, -0.2) is 15.5 Å². The van der Waals surface area contributed by atoms with Crippen molar-refractivity contribution >= 4 is 16.9 Å². The molecule has 1 saturated carbocycles. The summed E-state index contributed by atoms with van der Waals surface area (Å²) in [7, 11) is 0. The number of hydrogen-bond donors (Lipinski definition) is 1. The lowest BCUT2D eigenvalue weighted by Crippen LogP contribution is -2.35. The summed E-state index contributed by atoms with van der Waals surface area (Å²) in [5, 5.41) is 3.24. The Balaban J connectivity index is 1.62. The number of nitrogens with one attached hydrogen (secondary N) is 1. The number of fused-ring (bicyclic) bond motifs is 1. The third-order valence-electron chi connectivity index (χ3n) is 5.83. The number of para-hydroxylation sites is 2. The number of carbonyl (C=O) groups excluding carboxylic acids is 1. The lowest BCUT2D eigenvalue weighted by molar-refractivity contribution is -0.126. The molecule has 1 heterocycles. The fourth-order valence-corrected chi connectivity index (χ4v) is 4.34. The zero-order valence-corrected chi connectivity index (χ0v) is 16.8. The fourth-order valence-electron chi connectivity index (χ4n) is 4.34. The van der Waals surface area contributed by atoms with Gasteiger partial charge in [-0.1, -0.05) is 61.2 Å². The minimum absolute atomic E-state index is 0.119. The predicted molar refractivity (Wildman–Crippen MR) is 113 cm³/mol. The van der Waals surface area contributed by atoms with Gasteiger partial charge in [-0.25, -0.2) is 4.98 Å². The van der Waals surface area contributed by atoms with Gasteiger partial charge in [-0.3, -0.25) is 4.79 Å². The lowest BCUT2D eigenvalue weighted by Gasteiger charge is -2.23. The van der Waals surface area contributed by atoms with Crippen molar-refractivity contribution in [2.24, 2.45) is 5.92 Å². The third kappa shape index (κ3) is 3.96.